The van der Waals surface area contributed by atoms with Crippen LogP contribution in [-0.2, 0) is 14.3 Å². The first kappa shape index (κ1) is 27.6. The number of allylic oxidation sites excluding steroid dienone is 3. The van der Waals surface area contributed by atoms with E-state index in [-0.39, 0.29) is 24.7 Å². The molecule has 0 saturated heterocycles. The number of rotatable bonds is 8. The summed E-state index contributed by atoms with van der Waals surface area (Å²) in [5, 5.41) is 3.37. The highest BCUT2D eigenvalue weighted by atomic mass is 79.9. The lowest BCUT2D eigenvalue weighted by Crippen LogP contribution is -2.36. The van der Waals surface area contributed by atoms with Crippen LogP contribution in [0.4, 0.5) is 0 Å². The molecule has 1 aliphatic carbocycles. The maximum Gasteiger partial charge on any atom is 0.336 e. The van der Waals surface area contributed by atoms with Gasteiger partial charge in [0.25, 0.3) is 0 Å². The molecule has 0 radical (unpaired) electrons. The molecular formula is C29H32BrNO7. The van der Waals surface area contributed by atoms with Crippen molar-refractivity contribution in [1.29, 1.82) is 0 Å². The normalized spacial score (nSPS) is 19.0. The van der Waals surface area contributed by atoms with Crippen LogP contribution in [0.15, 0.2) is 57.3 Å². The zero-order valence-electron chi connectivity index (χ0n) is 22.4. The number of carbonyl (C=O) groups excluding carboxylic acids is 2. The molecule has 2 aliphatic rings. The number of carbonyl (C=O) groups is 2. The van der Waals surface area contributed by atoms with E-state index in [2.05, 4.69) is 21.2 Å². The molecule has 0 bridgehead atoms. The minimum absolute atomic E-state index is 0.0382. The number of dihydropyridines is 1. The topological polar surface area (TPSA) is 92.3 Å². The van der Waals surface area contributed by atoms with Crippen LogP contribution in [-0.4, -0.2) is 46.8 Å². The van der Waals surface area contributed by atoms with Crippen molar-refractivity contribution in [3.63, 3.8) is 0 Å². The van der Waals surface area contributed by atoms with Crippen LogP contribution in [0.5, 0.6) is 23.0 Å². The molecule has 0 fully saturated rings. The third-order valence-corrected chi connectivity index (χ3v) is 7.58. The fourth-order valence-corrected chi connectivity index (χ4v) is 5.92. The lowest BCUT2D eigenvalue weighted by atomic mass is 9.71. The van der Waals surface area contributed by atoms with Crippen molar-refractivity contribution >= 4 is 27.7 Å². The Bertz CT molecular complexity index is 1330. The number of Topliss-reactive ketones (excluding diaryl/α,β-unsaturated/α-hetero) is 1. The Labute approximate surface area is 231 Å². The van der Waals surface area contributed by atoms with Gasteiger partial charge in [0.2, 0.25) is 0 Å². The largest absolute Gasteiger partial charge is 0.493 e. The van der Waals surface area contributed by atoms with Gasteiger partial charge >= 0.3 is 5.97 Å². The summed E-state index contributed by atoms with van der Waals surface area (Å²) >= 11 is 3.56. The van der Waals surface area contributed by atoms with Crippen LogP contribution in [0.1, 0.15) is 49.7 Å². The monoisotopic (exact) mass is 585 g/mol. The summed E-state index contributed by atoms with van der Waals surface area (Å²) < 4.78 is 28.0. The van der Waals surface area contributed by atoms with E-state index >= 15 is 0 Å². The summed E-state index contributed by atoms with van der Waals surface area (Å²) in [5.41, 5.74) is 4.12. The summed E-state index contributed by atoms with van der Waals surface area (Å²) in [6, 6.07) is 9.40. The van der Waals surface area contributed by atoms with Crippen LogP contribution in [0.3, 0.4) is 0 Å². The van der Waals surface area contributed by atoms with Crippen molar-refractivity contribution in [2.75, 3.05) is 35.0 Å². The van der Waals surface area contributed by atoms with Gasteiger partial charge in [-0.3, -0.25) is 4.79 Å². The molecule has 0 saturated carbocycles. The molecule has 0 amide bonds. The predicted octanol–water partition coefficient (Wildman–Crippen LogP) is 5.41. The smallest absolute Gasteiger partial charge is 0.336 e. The van der Waals surface area contributed by atoms with E-state index in [4.69, 9.17) is 23.7 Å². The van der Waals surface area contributed by atoms with Crippen LogP contribution in [0.25, 0.3) is 0 Å². The van der Waals surface area contributed by atoms with E-state index in [1.807, 2.05) is 37.3 Å². The van der Waals surface area contributed by atoms with Gasteiger partial charge in [-0.15, -0.1) is 0 Å². The van der Waals surface area contributed by atoms with Crippen molar-refractivity contribution in [2.24, 2.45) is 0 Å². The van der Waals surface area contributed by atoms with Crippen LogP contribution in [0, 0.1) is 0 Å². The molecule has 202 valence electrons. The van der Waals surface area contributed by atoms with Crippen molar-refractivity contribution < 1.29 is 33.3 Å². The summed E-state index contributed by atoms with van der Waals surface area (Å²) in [4.78, 5) is 27.1. The second-order valence-electron chi connectivity index (χ2n) is 9.09. The number of ether oxygens (including phenoxy) is 5. The number of hydrogen-bond donors (Lipinski definition) is 1. The maximum atomic E-state index is 13.9. The van der Waals surface area contributed by atoms with E-state index in [1.165, 1.54) is 0 Å². The van der Waals surface area contributed by atoms with Crippen LogP contribution in [0.2, 0.25) is 0 Å². The van der Waals surface area contributed by atoms with Crippen molar-refractivity contribution in [2.45, 2.75) is 38.5 Å². The molecule has 2 aromatic carbocycles. The third kappa shape index (κ3) is 4.99. The van der Waals surface area contributed by atoms with Crippen molar-refractivity contribution in [3.05, 3.63) is 68.5 Å². The second kappa shape index (κ2) is 11.5. The fraction of sp³-hybridized carbons (Fsp3) is 0.379. The van der Waals surface area contributed by atoms with Gasteiger partial charge in [0.1, 0.15) is 0 Å². The zero-order valence-corrected chi connectivity index (χ0v) is 24.0. The SMILES string of the molecule is CCOC(=O)C1=C(C)NC2=C(C(=O)C[C@@H](c3ccc(OC)c(OC)c3)C2)[C@H]1c1cc(Br)c(OC)c(OC)c1. The lowest BCUT2D eigenvalue weighted by molar-refractivity contribution is -0.138. The Kier molecular flexibility index (Phi) is 8.35. The number of nitrogens with one attached hydrogen (secondary N) is 1. The molecule has 4 rings (SSSR count). The highest BCUT2D eigenvalue weighted by molar-refractivity contribution is 9.10. The first-order chi connectivity index (χ1) is 18.3. The first-order valence-electron chi connectivity index (χ1n) is 12.3. The van der Waals surface area contributed by atoms with E-state index in [1.54, 1.807) is 35.4 Å². The highest BCUT2D eigenvalue weighted by Crippen LogP contribution is 2.49. The van der Waals surface area contributed by atoms with E-state index in [9.17, 15) is 9.59 Å². The average Bonchev–Trinajstić information content (AvgIpc) is 2.91. The Hall–Kier alpha value is -3.46. The Morgan fingerprint density at radius 1 is 0.947 bits per heavy atom. The Morgan fingerprint density at radius 2 is 1.63 bits per heavy atom. The molecule has 1 heterocycles. The average molecular weight is 586 g/mol. The second-order valence-corrected chi connectivity index (χ2v) is 9.94. The quantitative estimate of drug-likeness (QED) is 0.411. The molecule has 1 N–H and O–H groups in total. The number of hydrogen-bond acceptors (Lipinski definition) is 8. The van der Waals surface area contributed by atoms with E-state index in [0.717, 1.165) is 16.8 Å². The van der Waals surface area contributed by atoms with Gasteiger partial charge in [-0.25, -0.2) is 4.79 Å². The minimum Gasteiger partial charge on any atom is -0.493 e. The minimum atomic E-state index is -0.625. The number of esters is 1. The Balaban J connectivity index is 1.84. The van der Waals surface area contributed by atoms with Gasteiger partial charge in [0.15, 0.2) is 28.8 Å². The summed E-state index contributed by atoms with van der Waals surface area (Å²) in [5.74, 6) is 1.07. The lowest BCUT2D eigenvalue weighted by Gasteiger charge is -2.37. The van der Waals surface area contributed by atoms with Crippen LogP contribution < -0.4 is 24.3 Å². The molecule has 8 nitrogen and oxygen atoms in total. The molecule has 0 aromatic heterocycles. The summed E-state index contributed by atoms with van der Waals surface area (Å²) in [6.07, 6.45) is 0.880. The molecule has 0 unspecified atom stereocenters. The van der Waals surface area contributed by atoms with Crippen molar-refractivity contribution in [3.8, 4) is 23.0 Å². The molecule has 2 atom stereocenters. The van der Waals surface area contributed by atoms with Crippen molar-refractivity contribution in [1.82, 2.24) is 5.32 Å². The zero-order chi connectivity index (χ0) is 27.6. The van der Waals surface area contributed by atoms with E-state index in [0.29, 0.717) is 50.7 Å². The molecule has 2 aromatic rings. The maximum absolute atomic E-state index is 13.9. The van der Waals surface area contributed by atoms with Gasteiger partial charge in [-0.1, -0.05) is 6.07 Å². The summed E-state index contributed by atoms with van der Waals surface area (Å²) in [6.45, 7) is 3.82. The Morgan fingerprint density at radius 3 is 2.26 bits per heavy atom. The number of halogens is 1. The summed E-state index contributed by atoms with van der Waals surface area (Å²) in [7, 11) is 6.29. The third-order valence-electron chi connectivity index (χ3n) is 6.99. The number of ketones is 1. The molecule has 9 heteroatoms. The van der Waals surface area contributed by atoms with Crippen LogP contribution >= 0.6 is 15.9 Å². The molecule has 0 spiro atoms. The van der Waals surface area contributed by atoms with Gasteiger partial charge in [-0.05, 0) is 77.5 Å². The number of methoxy groups -OCH3 is 4. The number of benzene rings is 2. The van der Waals surface area contributed by atoms with E-state index < -0.39 is 11.9 Å². The standard InChI is InChI=1S/C29H32BrNO7/c1-7-38-29(33)25-15(2)31-20-11-17(16-8-9-22(34-3)23(13-16)35-4)12-21(32)27(20)26(25)18-10-19(30)28(37-6)24(14-18)36-5/h8-10,13-14,17,26,31H,7,11-12H2,1-6H3/t17-,26-/m0/s1. The highest BCUT2D eigenvalue weighted by Gasteiger charge is 2.42. The predicted molar refractivity (Wildman–Crippen MR) is 146 cm³/mol. The first-order valence-corrected chi connectivity index (χ1v) is 13.1. The van der Waals surface area contributed by atoms with Gasteiger partial charge < -0.3 is 29.0 Å². The molecular weight excluding hydrogens is 554 g/mol. The van der Waals surface area contributed by atoms with Gasteiger partial charge in [-0.2, -0.15) is 0 Å². The fourth-order valence-electron chi connectivity index (χ4n) is 5.30. The van der Waals surface area contributed by atoms with Gasteiger partial charge in [0, 0.05) is 29.3 Å². The molecule has 1 aliphatic heterocycles. The van der Waals surface area contributed by atoms with Gasteiger partial charge in [0.05, 0.1) is 45.1 Å². The molecule has 38 heavy (non-hydrogen) atoms.